The van der Waals surface area contributed by atoms with Crippen LogP contribution in [0, 0.1) is 11.8 Å². The molecule has 2 aliphatic heterocycles. The zero-order valence-corrected chi connectivity index (χ0v) is 16.3. The summed E-state index contributed by atoms with van der Waals surface area (Å²) in [6, 6.07) is 0. The summed E-state index contributed by atoms with van der Waals surface area (Å²) in [5.74, 6) is 1.06. The third-order valence-electron chi connectivity index (χ3n) is 5.04. The van der Waals surface area contributed by atoms with Gasteiger partial charge in [-0.3, -0.25) is 15.0 Å². The summed E-state index contributed by atoms with van der Waals surface area (Å²) in [4.78, 5) is 13.8. The minimum absolute atomic E-state index is 0.264. The van der Waals surface area contributed by atoms with Crippen molar-refractivity contribution < 1.29 is 0 Å². The van der Waals surface area contributed by atoms with Crippen LogP contribution in [0.3, 0.4) is 0 Å². The predicted molar refractivity (Wildman–Crippen MR) is 111 cm³/mol. The van der Waals surface area contributed by atoms with Gasteiger partial charge in [0.1, 0.15) is 0 Å². The van der Waals surface area contributed by atoms with E-state index in [1.807, 2.05) is 32.5 Å². The van der Waals surface area contributed by atoms with Crippen LogP contribution in [0.4, 0.5) is 0 Å². The van der Waals surface area contributed by atoms with Crippen LogP contribution >= 0.6 is 0 Å². The summed E-state index contributed by atoms with van der Waals surface area (Å²) in [5.41, 5.74) is 4.81. The summed E-state index contributed by atoms with van der Waals surface area (Å²) >= 11 is 0. The number of nitrogens with zero attached hydrogens (tertiary/aromatic N) is 3. The quantitative estimate of drug-likeness (QED) is 0.556. The van der Waals surface area contributed by atoms with Crippen molar-refractivity contribution in [3.05, 3.63) is 35.7 Å². The zero-order valence-electron chi connectivity index (χ0n) is 16.3. The first-order valence-corrected chi connectivity index (χ1v) is 10.0. The van der Waals surface area contributed by atoms with Crippen LogP contribution in [0.5, 0.6) is 0 Å². The van der Waals surface area contributed by atoms with E-state index in [9.17, 15) is 0 Å². The van der Waals surface area contributed by atoms with E-state index in [0.717, 1.165) is 24.6 Å². The maximum Gasteiger partial charge on any atom is 0.0732 e. The van der Waals surface area contributed by atoms with Crippen LogP contribution < -0.4 is 0 Å². The Morgan fingerprint density at radius 2 is 1.96 bits per heavy atom. The average Bonchev–Trinajstić information content (AvgIpc) is 3.10. The highest BCUT2D eigenvalue weighted by Gasteiger charge is 2.31. The molecule has 0 aromatic rings. The lowest BCUT2D eigenvalue weighted by Crippen LogP contribution is -2.27. The molecule has 0 aromatic heterocycles. The van der Waals surface area contributed by atoms with Gasteiger partial charge in [0.15, 0.2) is 0 Å². The Bertz CT molecular complexity index is 611. The van der Waals surface area contributed by atoms with E-state index in [1.165, 1.54) is 49.0 Å². The molecule has 3 rings (SSSR count). The predicted octanol–water partition coefficient (Wildman–Crippen LogP) is 5.94. The Labute approximate surface area is 153 Å². The Kier molecular flexibility index (Phi) is 8.03. The van der Waals surface area contributed by atoms with Crippen LogP contribution in [0.15, 0.2) is 50.7 Å². The third kappa shape index (κ3) is 4.87. The lowest BCUT2D eigenvalue weighted by molar-refractivity contribution is 0.369. The van der Waals surface area contributed by atoms with E-state index in [1.54, 1.807) is 0 Å². The minimum Gasteiger partial charge on any atom is -0.293 e. The van der Waals surface area contributed by atoms with Gasteiger partial charge in [0.25, 0.3) is 0 Å². The second-order valence-corrected chi connectivity index (χ2v) is 6.57. The van der Waals surface area contributed by atoms with Crippen molar-refractivity contribution in [3.8, 4) is 0 Å². The number of hydrogen-bond donors (Lipinski definition) is 0. The Morgan fingerprint density at radius 1 is 1.20 bits per heavy atom. The van der Waals surface area contributed by atoms with Crippen LogP contribution in [-0.4, -0.2) is 24.2 Å². The van der Waals surface area contributed by atoms with Gasteiger partial charge in [-0.25, -0.2) is 0 Å². The lowest BCUT2D eigenvalue weighted by Gasteiger charge is -2.25. The lowest BCUT2D eigenvalue weighted by atomic mass is 9.81. The molecule has 1 aliphatic carbocycles. The molecule has 0 amide bonds. The van der Waals surface area contributed by atoms with E-state index < -0.39 is 0 Å². The largest absolute Gasteiger partial charge is 0.293 e. The molecule has 3 nitrogen and oxygen atoms in total. The minimum atomic E-state index is 0.264. The third-order valence-corrected chi connectivity index (χ3v) is 5.04. The summed E-state index contributed by atoms with van der Waals surface area (Å²) in [5, 5.41) is 0. The number of aliphatic imine (C=N–C) groups is 3. The van der Waals surface area contributed by atoms with Gasteiger partial charge >= 0.3 is 0 Å². The second kappa shape index (κ2) is 10.3. The van der Waals surface area contributed by atoms with E-state index in [2.05, 4.69) is 36.0 Å². The Balaban J connectivity index is 0.00000109. The van der Waals surface area contributed by atoms with E-state index in [-0.39, 0.29) is 5.92 Å². The molecule has 0 N–H and O–H groups in total. The number of allylic oxidation sites excluding steroid dienone is 4. The molecule has 1 atom stereocenters. The van der Waals surface area contributed by atoms with Crippen molar-refractivity contribution in [1.82, 2.24) is 0 Å². The zero-order chi connectivity index (χ0) is 18.1. The van der Waals surface area contributed by atoms with Gasteiger partial charge in [0.2, 0.25) is 0 Å². The second-order valence-electron chi connectivity index (χ2n) is 6.57. The standard InChI is InChI=1S/C20H27N3.C2H6/c1-3-16(13-21-4-2)18-14-23-20-17(18)10-11-22-19(20)12-15-8-6-5-7-9-15;1-2/h3,10-11,13-15,17H,4-9,12H2,1-2H3;1-2H3/b16-3+,21-13?;. The van der Waals surface area contributed by atoms with Gasteiger partial charge < -0.3 is 0 Å². The van der Waals surface area contributed by atoms with Crippen LogP contribution in [0.25, 0.3) is 0 Å². The molecule has 3 heteroatoms. The van der Waals surface area contributed by atoms with Gasteiger partial charge in [0.05, 0.1) is 17.3 Å². The highest BCUT2D eigenvalue weighted by atomic mass is 14.8. The fourth-order valence-corrected chi connectivity index (χ4v) is 3.76. The maximum absolute atomic E-state index is 4.73. The van der Waals surface area contributed by atoms with Crippen LogP contribution in [-0.2, 0) is 0 Å². The normalized spacial score (nSPS) is 23.6. The molecule has 0 aromatic carbocycles. The average molecular weight is 340 g/mol. The fraction of sp³-hybridized carbons (Fsp3) is 0.591. The number of rotatable bonds is 5. The van der Waals surface area contributed by atoms with E-state index in [0.29, 0.717) is 0 Å². The van der Waals surface area contributed by atoms with Crippen molar-refractivity contribution in [1.29, 1.82) is 0 Å². The fourth-order valence-electron chi connectivity index (χ4n) is 3.76. The molecule has 1 saturated carbocycles. The van der Waals surface area contributed by atoms with Gasteiger partial charge in [0, 0.05) is 25.2 Å². The van der Waals surface area contributed by atoms with Crippen molar-refractivity contribution >= 4 is 17.6 Å². The van der Waals surface area contributed by atoms with Crippen molar-refractivity contribution in [2.45, 2.75) is 66.2 Å². The number of fused-ring (bicyclic) bond motifs is 1. The highest BCUT2D eigenvalue weighted by molar-refractivity contribution is 6.45. The van der Waals surface area contributed by atoms with Crippen LogP contribution in [0.2, 0.25) is 0 Å². The highest BCUT2D eigenvalue weighted by Crippen LogP contribution is 2.33. The molecule has 2 heterocycles. The molecule has 25 heavy (non-hydrogen) atoms. The van der Waals surface area contributed by atoms with Gasteiger partial charge in [-0.05, 0) is 37.3 Å². The Hall–Kier alpha value is -1.77. The first kappa shape index (κ1) is 19.6. The monoisotopic (exact) mass is 339 g/mol. The van der Waals surface area contributed by atoms with Crippen LogP contribution in [0.1, 0.15) is 66.2 Å². The molecule has 3 aliphatic rings. The summed E-state index contributed by atoms with van der Waals surface area (Å²) in [6.45, 7) is 8.94. The maximum atomic E-state index is 4.73. The first-order chi connectivity index (χ1) is 12.3. The first-order valence-electron chi connectivity index (χ1n) is 10.0. The number of hydrogen-bond acceptors (Lipinski definition) is 3. The molecule has 1 unspecified atom stereocenters. The SMILES string of the molecule is C/C=C(\C=NCC)C1=CN=C2C(CC3CCCCC3)=NC=CC12.CC. The van der Waals surface area contributed by atoms with E-state index in [4.69, 9.17) is 4.99 Å². The van der Waals surface area contributed by atoms with E-state index >= 15 is 0 Å². The smallest absolute Gasteiger partial charge is 0.0732 e. The molecule has 0 saturated heterocycles. The van der Waals surface area contributed by atoms with Gasteiger partial charge in [-0.2, -0.15) is 0 Å². The molecule has 0 spiro atoms. The van der Waals surface area contributed by atoms with Gasteiger partial charge in [-0.1, -0.05) is 58.1 Å². The molecule has 136 valence electrons. The molecule has 0 radical (unpaired) electrons. The van der Waals surface area contributed by atoms with Crippen molar-refractivity contribution in [2.75, 3.05) is 6.54 Å². The molecular weight excluding hydrogens is 306 g/mol. The molecule has 1 fully saturated rings. The summed E-state index contributed by atoms with van der Waals surface area (Å²) in [6.07, 6.45) is 18.2. The molecule has 0 bridgehead atoms. The summed E-state index contributed by atoms with van der Waals surface area (Å²) < 4.78 is 0. The van der Waals surface area contributed by atoms with Crippen molar-refractivity contribution in [2.24, 2.45) is 26.8 Å². The van der Waals surface area contributed by atoms with Crippen molar-refractivity contribution in [3.63, 3.8) is 0 Å². The summed E-state index contributed by atoms with van der Waals surface area (Å²) in [7, 11) is 0. The topological polar surface area (TPSA) is 37.1 Å². The molecular formula is C22H33N3. The Morgan fingerprint density at radius 3 is 2.64 bits per heavy atom. The van der Waals surface area contributed by atoms with Gasteiger partial charge in [-0.15, -0.1) is 0 Å².